The van der Waals surface area contributed by atoms with Gasteiger partial charge in [-0.05, 0) is 104 Å². The SMILES string of the molecule is CCC.CCC.COC(=O)NCC(=O)N1CCC[C@H]1C(=O)Nc1ccc(C2CCC(c3ccc(NC(=O)[C@@H]4CCCN4C(=O)CNC(=O)OC)cc3)N2c2ccc(-c3ccc(N(C)C)nc3)cc2)cc1. The number of ether oxygens (including phenoxy) is 2. The summed E-state index contributed by atoms with van der Waals surface area (Å²) in [6, 6.07) is 26.9. The van der Waals surface area contributed by atoms with Gasteiger partial charge in [0.15, 0.2) is 0 Å². The van der Waals surface area contributed by atoms with E-state index < -0.39 is 24.3 Å². The number of nitrogens with one attached hydrogen (secondary N) is 4. The van der Waals surface area contributed by atoms with Gasteiger partial charge in [-0.1, -0.05) is 76.9 Å². The second-order valence-corrected chi connectivity index (χ2v) is 17.7. The molecule has 0 saturated carbocycles. The summed E-state index contributed by atoms with van der Waals surface area (Å²) >= 11 is 0. The zero-order chi connectivity index (χ0) is 50.7. The molecule has 4 N–H and O–H groups in total. The molecule has 3 saturated heterocycles. The van der Waals surface area contributed by atoms with Crippen molar-refractivity contribution in [1.82, 2.24) is 25.4 Å². The highest BCUT2D eigenvalue weighted by atomic mass is 16.5. The van der Waals surface area contributed by atoms with Crippen LogP contribution in [0.3, 0.4) is 0 Å². The summed E-state index contributed by atoms with van der Waals surface area (Å²) in [5, 5.41) is 10.8. The molecule has 2 unspecified atom stereocenters. The number of pyridine rings is 1. The number of amides is 6. The van der Waals surface area contributed by atoms with E-state index in [0.717, 1.165) is 46.6 Å². The van der Waals surface area contributed by atoms with Gasteiger partial charge in [0.2, 0.25) is 23.6 Å². The molecule has 3 aliphatic heterocycles. The van der Waals surface area contributed by atoms with Gasteiger partial charge in [-0.15, -0.1) is 0 Å². The summed E-state index contributed by atoms with van der Waals surface area (Å²) in [5.74, 6) is -0.394. The van der Waals surface area contributed by atoms with Crippen LogP contribution in [-0.2, 0) is 28.7 Å². The Bertz CT molecular complexity index is 2230. The van der Waals surface area contributed by atoms with Gasteiger partial charge in [-0.2, -0.15) is 0 Å². The number of rotatable bonds is 13. The highest BCUT2D eigenvalue weighted by Gasteiger charge is 2.38. The average Bonchev–Trinajstić information content (AvgIpc) is 4.17. The standard InChI is InChI=1S/C47H55N9O8.2C3H8/c1-53(2)41-24-15-33(27-48-41)30-13-20-36(21-14-30)56-37(31-9-16-34(17-10-31)51-44(59)39-7-5-25-54(39)42(57)28-49-46(61)63-3)22-23-38(56)32-11-18-35(19-12-32)52-45(60)40-8-6-26-55(40)43(58)29-50-47(62)64-4;2*1-3-2/h9-21,24,27,37-40H,5-8,22-23,25-26,28-29H2,1-4H3,(H,49,61)(H,50,62)(H,51,59)(H,52,60);2*3H2,1-2H3/t37?,38?,39-,40-;;/m0../s1. The van der Waals surface area contributed by atoms with E-state index in [9.17, 15) is 28.8 Å². The summed E-state index contributed by atoms with van der Waals surface area (Å²) in [4.78, 5) is 87.6. The molecule has 1 aromatic heterocycles. The maximum atomic E-state index is 13.4. The van der Waals surface area contributed by atoms with Gasteiger partial charge in [0.25, 0.3) is 0 Å². The summed E-state index contributed by atoms with van der Waals surface area (Å²) in [7, 11) is 6.36. The number of likely N-dealkylation sites (tertiary alicyclic amines) is 2. The van der Waals surface area contributed by atoms with E-state index in [4.69, 9.17) is 0 Å². The van der Waals surface area contributed by atoms with Crippen molar-refractivity contribution < 1.29 is 38.2 Å². The van der Waals surface area contributed by atoms with Crippen molar-refractivity contribution in [3.63, 3.8) is 0 Å². The third-order valence-corrected chi connectivity index (χ3v) is 12.1. The smallest absolute Gasteiger partial charge is 0.407 e. The van der Waals surface area contributed by atoms with Crippen LogP contribution in [0.1, 0.15) is 102 Å². The van der Waals surface area contributed by atoms with E-state index in [1.54, 1.807) is 0 Å². The lowest BCUT2D eigenvalue weighted by molar-refractivity contribution is -0.135. The lowest BCUT2D eigenvalue weighted by Crippen LogP contribution is -2.47. The number of anilines is 4. The van der Waals surface area contributed by atoms with Crippen molar-refractivity contribution in [2.75, 3.05) is 74.9 Å². The minimum absolute atomic E-state index is 0.00848. The minimum Gasteiger partial charge on any atom is -0.453 e. The molecule has 7 rings (SSSR count). The van der Waals surface area contributed by atoms with Gasteiger partial charge in [0.1, 0.15) is 31.0 Å². The molecule has 0 spiro atoms. The summed E-state index contributed by atoms with van der Waals surface area (Å²) < 4.78 is 9.13. The van der Waals surface area contributed by atoms with Crippen molar-refractivity contribution in [2.24, 2.45) is 0 Å². The Hall–Kier alpha value is -7.17. The third kappa shape index (κ3) is 14.2. The number of nitrogens with zero attached hydrogens (tertiary/aromatic N) is 5. The van der Waals surface area contributed by atoms with Crippen LogP contribution in [0.15, 0.2) is 91.1 Å². The quantitative estimate of drug-likeness (QED) is 0.101. The van der Waals surface area contributed by atoms with Gasteiger partial charge in [-0.3, -0.25) is 19.2 Å². The number of hydrogen-bond acceptors (Lipinski definition) is 11. The topological polar surface area (TPSA) is 195 Å². The number of benzene rings is 3. The van der Waals surface area contributed by atoms with Crippen LogP contribution < -0.4 is 31.1 Å². The molecule has 3 fully saturated rings. The number of carbonyl (C=O) groups is 6. The zero-order valence-corrected chi connectivity index (χ0v) is 42.0. The van der Waals surface area contributed by atoms with Crippen LogP contribution in [0.5, 0.6) is 0 Å². The first-order valence-electron chi connectivity index (χ1n) is 24.3. The molecule has 376 valence electrons. The van der Waals surface area contributed by atoms with Crippen molar-refractivity contribution >= 4 is 58.7 Å². The van der Waals surface area contributed by atoms with E-state index in [1.165, 1.54) is 36.9 Å². The highest BCUT2D eigenvalue weighted by Crippen LogP contribution is 2.47. The van der Waals surface area contributed by atoms with E-state index in [0.29, 0.717) is 50.1 Å². The lowest BCUT2D eigenvalue weighted by Gasteiger charge is -2.33. The molecule has 3 aromatic carbocycles. The monoisotopic (exact) mass is 962 g/mol. The molecule has 17 heteroatoms. The normalized spacial score (nSPS) is 18.0. The second-order valence-electron chi connectivity index (χ2n) is 17.7. The molecule has 17 nitrogen and oxygen atoms in total. The van der Waals surface area contributed by atoms with E-state index in [-0.39, 0.29) is 48.8 Å². The van der Waals surface area contributed by atoms with Crippen LogP contribution in [0.4, 0.5) is 32.5 Å². The van der Waals surface area contributed by atoms with Gasteiger partial charge in [-0.25, -0.2) is 14.6 Å². The Morgan fingerprint density at radius 3 is 1.37 bits per heavy atom. The largest absolute Gasteiger partial charge is 0.453 e. The van der Waals surface area contributed by atoms with E-state index in [2.05, 4.69) is 98.7 Å². The average molecular weight is 962 g/mol. The Balaban J connectivity index is 0.00000145. The van der Waals surface area contributed by atoms with Crippen LogP contribution in [-0.4, -0.2) is 117 Å². The molecule has 70 heavy (non-hydrogen) atoms. The molecule has 0 aliphatic carbocycles. The summed E-state index contributed by atoms with van der Waals surface area (Å²) in [5.41, 5.74) is 6.44. The summed E-state index contributed by atoms with van der Waals surface area (Å²) in [6.45, 7) is 8.85. The zero-order valence-electron chi connectivity index (χ0n) is 42.0. The number of aromatic nitrogens is 1. The van der Waals surface area contributed by atoms with Gasteiger partial charge >= 0.3 is 12.2 Å². The predicted molar refractivity (Wildman–Crippen MR) is 274 cm³/mol. The Kier molecular flexibility index (Phi) is 20.4. The fraction of sp³-hybridized carbons (Fsp3) is 0.453. The molecule has 4 heterocycles. The number of carbonyl (C=O) groups excluding carboxylic acids is 6. The number of hydrogen-bond donors (Lipinski definition) is 4. The molecule has 0 bridgehead atoms. The van der Waals surface area contributed by atoms with Crippen LogP contribution in [0, 0.1) is 0 Å². The second kappa shape index (κ2) is 26.5. The maximum absolute atomic E-state index is 13.4. The van der Waals surface area contributed by atoms with Gasteiger partial charge < -0.3 is 50.3 Å². The van der Waals surface area contributed by atoms with Crippen molar-refractivity contribution in [3.05, 3.63) is 102 Å². The molecule has 0 radical (unpaired) electrons. The third-order valence-electron chi connectivity index (χ3n) is 12.1. The van der Waals surface area contributed by atoms with Crippen LogP contribution >= 0.6 is 0 Å². The molecule has 4 atom stereocenters. The Labute approximate surface area is 412 Å². The lowest BCUT2D eigenvalue weighted by atomic mass is 10.0. The fourth-order valence-corrected chi connectivity index (χ4v) is 8.82. The maximum Gasteiger partial charge on any atom is 0.407 e. The van der Waals surface area contributed by atoms with E-state index >= 15 is 0 Å². The van der Waals surface area contributed by atoms with Gasteiger partial charge in [0, 0.05) is 56.0 Å². The Morgan fingerprint density at radius 1 is 0.586 bits per heavy atom. The Morgan fingerprint density at radius 2 is 1.00 bits per heavy atom. The minimum atomic E-state index is -0.711. The van der Waals surface area contributed by atoms with Crippen molar-refractivity contribution in [1.29, 1.82) is 0 Å². The first-order chi connectivity index (χ1) is 33.8. The molecule has 4 aromatic rings. The molecule has 6 amide bonds. The fourth-order valence-electron chi connectivity index (χ4n) is 8.82. The first-order valence-corrected chi connectivity index (χ1v) is 24.3. The molecular weight excluding hydrogens is 891 g/mol. The highest BCUT2D eigenvalue weighted by molar-refractivity contribution is 5.99. The van der Waals surface area contributed by atoms with Crippen molar-refractivity contribution in [3.8, 4) is 11.1 Å². The number of alkyl carbamates (subject to hydrolysis) is 2. The summed E-state index contributed by atoms with van der Waals surface area (Å²) in [6.07, 6.45) is 7.05. The van der Waals surface area contributed by atoms with Gasteiger partial charge in [0.05, 0.1) is 26.3 Å². The van der Waals surface area contributed by atoms with Crippen molar-refractivity contribution in [2.45, 2.75) is 103 Å². The molecule has 3 aliphatic rings. The predicted octanol–water partition coefficient (Wildman–Crippen LogP) is 8.30. The van der Waals surface area contributed by atoms with Crippen LogP contribution in [0.2, 0.25) is 0 Å². The number of methoxy groups -OCH3 is 2. The first kappa shape index (κ1) is 53.8. The van der Waals surface area contributed by atoms with E-state index in [1.807, 2.05) is 79.8 Å². The van der Waals surface area contributed by atoms with Crippen LogP contribution in [0.25, 0.3) is 11.1 Å². The molecular formula is C53H71N9O8.